The maximum Gasteiger partial charge on any atom is 0.307 e. The normalized spacial score (nSPS) is 18.8. The van der Waals surface area contributed by atoms with Gasteiger partial charge < -0.3 is 10.4 Å². The lowest BCUT2D eigenvalue weighted by molar-refractivity contribution is -0.139. The Bertz CT molecular complexity index is 1480. The van der Waals surface area contributed by atoms with Gasteiger partial charge in [0.15, 0.2) is 5.82 Å². The highest BCUT2D eigenvalue weighted by atomic mass is 16.4. The molecule has 9 nitrogen and oxygen atoms in total. The highest BCUT2D eigenvalue weighted by molar-refractivity contribution is 5.91. The zero-order valence-corrected chi connectivity index (χ0v) is 19.6. The molecule has 1 saturated heterocycles. The van der Waals surface area contributed by atoms with Crippen molar-refractivity contribution in [3.8, 4) is 11.4 Å². The van der Waals surface area contributed by atoms with Crippen molar-refractivity contribution in [3.63, 3.8) is 0 Å². The van der Waals surface area contributed by atoms with Crippen molar-refractivity contribution >= 4 is 28.4 Å². The molecule has 2 fully saturated rings. The lowest BCUT2D eigenvalue weighted by atomic mass is 9.90. The topological polar surface area (TPSA) is 124 Å². The van der Waals surface area contributed by atoms with E-state index >= 15 is 0 Å². The molecule has 0 amide bonds. The Morgan fingerprint density at radius 3 is 2.53 bits per heavy atom. The number of H-pyrrole nitrogens is 1. The number of rotatable bonds is 6. The van der Waals surface area contributed by atoms with E-state index in [-0.39, 0.29) is 16.9 Å². The minimum Gasteiger partial charge on any atom is -0.481 e. The molecule has 36 heavy (non-hydrogen) atoms. The van der Waals surface area contributed by atoms with Gasteiger partial charge in [-0.05, 0) is 55.5 Å². The third-order valence-corrected chi connectivity index (χ3v) is 7.51. The Hall–Kier alpha value is -4.11. The molecule has 1 saturated carbocycles. The molecule has 0 bridgehead atoms. The molecule has 9 heteroatoms. The predicted molar refractivity (Wildman–Crippen MR) is 136 cm³/mol. The summed E-state index contributed by atoms with van der Waals surface area (Å²) in [5.41, 5.74) is 3.01. The number of fused-ring (bicyclic) bond motifs is 1. The minimum absolute atomic E-state index is 0.0440. The summed E-state index contributed by atoms with van der Waals surface area (Å²) < 4.78 is 0. The fourth-order valence-corrected chi connectivity index (χ4v) is 5.30. The standard InChI is InChI=1S/C27H26N6O3/c34-25-22-21(15-28-32-25)30-23(18-4-2-1-3-5-18)31-24(22)29-19-8-6-17(7-9-19)16-33-12-10-27(11-13-33)14-20(27)26(35)36/h1-9,15,20H,10-14,16H2,(H,32,34)(H,35,36)(H,29,30,31)/t20-/m1/s1. The first-order valence-electron chi connectivity index (χ1n) is 12.1. The van der Waals surface area contributed by atoms with Crippen LogP contribution in [0.3, 0.4) is 0 Å². The smallest absolute Gasteiger partial charge is 0.307 e. The van der Waals surface area contributed by atoms with E-state index in [2.05, 4.69) is 42.5 Å². The number of nitrogens with one attached hydrogen (secondary N) is 2. The van der Waals surface area contributed by atoms with Crippen LogP contribution in [0.25, 0.3) is 22.3 Å². The fourth-order valence-electron chi connectivity index (χ4n) is 5.30. The number of anilines is 2. The summed E-state index contributed by atoms with van der Waals surface area (Å²) in [6.45, 7) is 2.68. The van der Waals surface area contributed by atoms with E-state index in [1.165, 1.54) is 11.8 Å². The van der Waals surface area contributed by atoms with Crippen molar-refractivity contribution in [1.82, 2.24) is 25.1 Å². The molecule has 1 spiro atoms. The summed E-state index contributed by atoms with van der Waals surface area (Å²) >= 11 is 0. The Kier molecular flexibility index (Phi) is 5.49. The highest BCUT2D eigenvalue weighted by Crippen LogP contribution is 2.59. The van der Waals surface area contributed by atoms with Crippen LogP contribution < -0.4 is 10.9 Å². The molecule has 182 valence electrons. The zero-order valence-electron chi connectivity index (χ0n) is 19.6. The van der Waals surface area contributed by atoms with Gasteiger partial charge in [-0.3, -0.25) is 14.5 Å². The SMILES string of the molecule is O=C(O)[C@H]1CC12CCN(Cc1ccc(Nc3nc(-c4ccccc4)nc4cn[nH]c(=O)c34)cc1)CC2. The number of aromatic amines is 1. The number of aliphatic carboxylic acids is 1. The largest absolute Gasteiger partial charge is 0.481 e. The Morgan fingerprint density at radius 2 is 1.83 bits per heavy atom. The lowest BCUT2D eigenvalue weighted by Crippen LogP contribution is -2.35. The number of benzene rings is 2. The van der Waals surface area contributed by atoms with Crippen LogP contribution in [-0.2, 0) is 11.3 Å². The summed E-state index contributed by atoms with van der Waals surface area (Å²) in [7, 11) is 0. The second-order valence-corrected chi connectivity index (χ2v) is 9.78. The van der Waals surface area contributed by atoms with Crippen LogP contribution in [0.2, 0.25) is 0 Å². The van der Waals surface area contributed by atoms with E-state index in [1.807, 2.05) is 42.5 Å². The lowest BCUT2D eigenvalue weighted by Gasteiger charge is -2.32. The van der Waals surface area contributed by atoms with Crippen LogP contribution in [0.4, 0.5) is 11.5 Å². The van der Waals surface area contributed by atoms with E-state index in [4.69, 9.17) is 0 Å². The summed E-state index contributed by atoms with van der Waals surface area (Å²) in [5, 5.41) is 19.3. The van der Waals surface area contributed by atoms with Gasteiger partial charge in [-0.15, -0.1) is 0 Å². The van der Waals surface area contributed by atoms with Gasteiger partial charge >= 0.3 is 5.97 Å². The predicted octanol–water partition coefficient (Wildman–Crippen LogP) is 3.81. The van der Waals surface area contributed by atoms with Crippen LogP contribution in [-0.4, -0.2) is 49.2 Å². The van der Waals surface area contributed by atoms with Crippen molar-refractivity contribution in [2.24, 2.45) is 11.3 Å². The first kappa shape index (κ1) is 22.4. The number of hydrogen-bond donors (Lipinski definition) is 3. The molecule has 1 aliphatic heterocycles. The molecule has 1 atom stereocenters. The molecule has 0 radical (unpaired) electrons. The van der Waals surface area contributed by atoms with Crippen LogP contribution >= 0.6 is 0 Å². The van der Waals surface area contributed by atoms with Crippen molar-refractivity contribution in [2.75, 3.05) is 18.4 Å². The summed E-state index contributed by atoms with van der Waals surface area (Å²) in [4.78, 5) is 35.4. The number of piperidine rings is 1. The average molecular weight is 483 g/mol. The molecule has 4 aromatic rings. The molecule has 3 N–H and O–H groups in total. The molecule has 2 aliphatic rings. The average Bonchev–Trinajstić information content (AvgIpc) is 3.61. The number of carboxylic acid groups (broad SMARTS) is 1. The number of hydrogen-bond acceptors (Lipinski definition) is 7. The number of likely N-dealkylation sites (tertiary alicyclic amines) is 1. The molecule has 2 aromatic heterocycles. The molecular formula is C27H26N6O3. The number of aromatic nitrogens is 4. The van der Waals surface area contributed by atoms with E-state index in [0.717, 1.165) is 50.1 Å². The first-order valence-corrected chi connectivity index (χ1v) is 12.1. The maximum atomic E-state index is 12.5. The quantitative estimate of drug-likeness (QED) is 0.379. The van der Waals surface area contributed by atoms with Gasteiger partial charge in [0, 0.05) is 17.8 Å². The van der Waals surface area contributed by atoms with Gasteiger partial charge in [-0.1, -0.05) is 42.5 Å². The van der Waals surface area contributed by atoms with Gasteiger partial charge in [-0.25, -0.2) is 15.1 Å². The van der Waals surface area contributed by atoms with E-state index < -0.39 is 5.97 Å². The molecular weight excluding hydrogens is 456 g/mol. The van der Waals surface area contributed by atoms with Crippen LogP contribution in [0.1, 0.15) is 24.8 Å². The van der Waals surface area contributed by atoms with Gasteiger partial charge in [0.1, 0.15) is 16.7 Å². The Labute approximate surface area is 207 Å². The van der Waals surface area contributed by atoms with Gasteiger partial charge in [0.05, 0.1) is 12.1 Å². The molecule has 3 heterocycles. The number of nitrogens with zero attached hydrogens (tertiary/aromatic N) is 4. The maximum absolute atomic E-state index is 12.5. The number of carboxylic acids is 1. The second kappa shape index (κ2) is 8.83. The molecule has 1 aliphatic carbocycles. The Morgan fingerprint density at radius 1 is 1.08 bits per heavy atom. The third kappa shape index (κ3) is 4.22. The number of carbonyl (C=O) groups is 1. The molecule has 0 unspecified atom stereocenters. The summed E-state index contributed by atoms with van der Waals surface area (Å²) in [6, 6.07) is 17.7. The fraction of sp³-hybridized carbons (Fsp3) is 0.296. The monoisotopic (exact) mass is 482 g/mol. The van der Waals surface area contributed by atoms with Crippen LogP contribution in [0, 0.1) is 11.3 Å². The van der Waals surface area contributed by atoms with Gasteiger partial charge in [-0.2, -0.15) is 5.10 Å². The van der Waals surface area contributed by atoms with Crippen LogP contribution in [0.15, 0.2) is 65.6 Å². The van der Waals surface area contributed by atoms with Gasteiger partial charge in [0.25, 0.3) is 5.56 Å². The van der Waals surface area contributed by atoms with Crippen molar-refractivity contribution < 1.29 is 9.90 Å². The molecule has 2 aromatic carbocycles. The van der Waals surface area contributed by atoms with Crippen molar-refractivity contribution in [1.29, 1.82) is 0 Å². The van der Waals surface area contributed by atoms with Crippen LogP contribution in [0.5, 0.6) is 0 Å². The zero-order chi connectivity index (χ0) is 24.7. The third-order valence-electron chi connectivity index (χ3n) is 7.51. The minimum atomic E-state index is -0.642. The van der Waals surface area contributed by atoms with E-state index in [9.17, 15) is 14.7 Å². The van der Waals surface area contributed by atoms with Gasteiger partial charge in [0.2, 0.25) is 0 Å². The highest BCUT2D eigenvalue weighted by Gasteiger charge is 2.58. The first-order chi connectivity index (χ1) is 17.5. The Balaban J connectivity index is 1.19. The van der Waals surface area contributed by atoms with E-state index in [0.29, 0.717) is 22.5 Å². The van der Waals surface area contributed by atoms with Crippen molar-refractivity contribution in [2.45, 2.75) is 25.8 Å². The molecule has 6 rings (SSSR count). The second-order valence-electron chi connectivity index (χ2n) is 9.78. The summed E-state index contributed by atoms with van der Waals surface area (Å²) in [5.74, 6) is 0.151. The van der Waals surface area contributed by atoms with Crippen molar-refractivity contribution in [3.05, 3.63) is 76.7 Å². The van der Waals surface area contributed by atoms with E-state index in [1.54, 1.807) is 0 Å². The summed E-state index contributed by atoms with van der Waals surface area (Å²) in [6.07, 6.45) is 4.27.